The van der Waals surface area contributed by atoms with Crippen molar-refractivity contribution < 1.29 is 4.79 Å². The highest BCUT2D eigenvalue weighted by molar-refractivity contribution is 7.10. The molecule has 1 atom stereocenters. The van der Waals surface area contributed by atoms with Crippen molar-refractivity contribution in [3.63, 3.8) is 0 Å². The summed E-state index contributed by atoms with van der Waals surface area (Å²) < 4.78 is 1.76. The fraction of sp³-hybridized carbons (Fsp3) is 0.500. The monoisotopic (exact) mass is 305 g/mol. The van der Waals surface area contributed by atoms with E-state index >= 15 is 0 Å². The molecule has 0 saturated carbocycles. The molecule has 0 radical (unpaired) electrons. The summed E-state index contributed by atoms with van der Waals surface area (Å²) in [6.45, 7) is 5.96. The van der Waals surface area contributed by atoms with Crippen molar-refractivity contribution in [2.75, 3.05) is 13.1 Å². The van der Waals surface area contributed by atoms with Crippen LogP contribution in [0.4, 0.5) is 0 Å². The van der Waals surface area contributed by atoms with Crippen LogP contribution in [0.25, 0.3) is 0 Å². The average Bonchev–Trinajstić information content (AvgIpc) is 3.04. The Balaban J connectivity index is 1.70. The van der Waals surface area contributed by atoms with Crippen LogP contribution in [-0.2, 0) is 0 Å². The van der Waals surface area contributed by atoms with Gasteiger partial charge in [-0.2, -0.15) is 0 Å². The maximum Gasteiger partial charge on any atom is 0.273 e. The number of amides is 1. The molecule has 21 heavy (non-hydrogen) atoms. The average molecular weight is 305 g/mol. The highest BCUT2D eigenvalue weighted by atomic mass is 32.1. The van der Waals surface area contributed by atoms with Crippen LogP contribution in [0.2, 0.25) is 0 Å². The highest BCUT2D eigenvalue weighted by Gasteiger charge is 2.24. The summed E-state index contributed by atoms with van der Waals surface area (Å²) in [6.07, 6.45) is 1.73. The molecule has 1 saturated heterocycles. The van der Waals surface area contributed by atoms with Crippen molar-refractivity contribution in [2.24, 2.45) is 5.92 Å². The zero-order chi connectivity index (χ0) is 14.8. The lowest BCUT2D eigenvalue weighted by atomic mass is 10.0. The number of aromatic nitrogens is 3. The number of rotatable bonds is 5. The molecule has 3 rings (SSSR count). The SMILES string of the molecule is CC(C)C(NC(=O)c1cn(C2CNC2)nn1)c1cccs1. The minimum Gasteiger partial charge on any atom is -0.343 e. The third-order valence-corrected chi connectivity index (χ3v) is 4.64. The highest BCUT2D eigenvalue weighted by Crippen LogP contribution is 2.26. The van der Waals surface area contributed by atoms with Gasteiger partial charge in [-0.1, -0.05) is 25.1 Å². The molecule has 3 heterocycles. The van der Waals surface area contributed by atoms with Gasteiger partial charge in [0.05, 0.1) is 18.3 Å². The first-order chi connectivity index (χ1) is 10.1. The summed E-state index contributed by atoms with van der Waals surface area (Å²) in [7, 11) is 0. The van der Waals surface area contributed by atoms with Gasteiger partial charge in [-0.15, -0.1) is 16.4 Å². The second kappa shape index (κ2) is 5.95. The third-order valence-electron chi connectivity index (χ3n) is 3.68. The van der Waals surface area contributed by atoms with Crippen LogP contribution in [0.5, 0.6) is 0 Å². The fourth-order valence-electron chi connectivity index (χ4n) is 2.27. The molecule has 6 nitrogen and oxygen atoms in total. The van der Waals surface area contributed by atoms with E-state index in [-0.39, 0.29) is 11.9 Å². The van der Waals surface area contributed by atoms with Crippen LogP contribution >= 0.6 is 11.3 Å². The lowest BCUT2D eigenvalue weighted by Gasteiger charge is -2.26. The molecule has 2 aromatic heterocycles. The quantitative estimate of drug-likeness (QED) is 0.880. The van der Waals surface area contributed by atoms with Crippen molar-refractivity contribution in [1.82, 2.24) is 25.6 Å². The van der Waals surface area contributed by atoms with Crippen molar-refractivity contribution in [3.8, 4) is 0 Å². The van der Waals surface area contributed by atoms with E-state index in [9.17, 15) is 4.79 Å². The zero-order valence-electron chi connectivity index (χ0n) is 12.1. The van der Waals surface area contributed by atoms with Crippen molar-refractivity contribution in [3.05, 3.63) is 34.3 Å². The number of hydrogen-bond donors (Lipinski definition) is 2. The molecule has 2 N–H and O–H groups in total. The molecular weight excluding hydrogens is 286 g/mol. The molecule has 2 aromatic rings. The van der Waals surface area contributed by atoms with Gasteiger partial charge in [-0.25, -0.2) is 4.68 Å². The van der Waals surface area contributed by atoms with E-state index in [0.717, 1.165) is 18.0 Å². The Labute approximate surface area is 127 Å². The number of carbonyl (C=O) groups excluding carboxylic acids is 1. The lowest BCUT2D eigenvalue weighted by Crippen LogP contribution is -2.43. The molecule has 1 unspecified atom stereocenters. The number of nitrogens with zero attached hydrogens (tertiary/aromatic N) is 3. The van der Waals surface area contributed by atoms with E-state index in [1.165, 1.54) is 0 Å². The first-order valence-electron chi connectivity index (χ1n) is 7.12. The van der Waals surface area contributed by atoms with E-state index in [1.54, 1.807) is 22.2 Å². The summed E-state index contributed by atoms with van der Waals surface area (Å²) in [5, 5.41) is 16.3. The van der Waals surface area contributed by atoms with E-state index in [0.29, 0.717) is 17.7 Å². The second-order valence-corrected chi connectivity index (χ2v) is 6.59. The molecule has 1 aliphatic heterocycles. The topological polar surface area (TPSA) is 71.8 Å². The molecule has 0 bridgehead atoms. The molecule has 0 aliphatic carbocycles. The van der Waals surface area contributed by atoms with Crippen LogP contribution in [0.15, 0.2) is 23.7 Å². The molecule has 1 amide bonds. The lowest BCUT2D eigenvalue weighted by molar-refractivity contribution is 0.0921. The van der Waals surface area contributed by atoms with E-state index in [4.69, 9.17) is 0 Å². The minimum atomic E-state index is -0.166. The van der Waals surface area contributed by atoms with Crippen LogP contribution in [-0.4, -0.2) is 34.0 Å². The molecule has 1 fully saturated rings. The fourth-order valence-corrected chi connectivity index (χ4v) is 3.22. The maximum absolute atomic E-state index is 12.4. The van der Waals surface area contributed by atoms with Gasteiger partial charge in [0.2, 0.25) is 0 Å². The number of hydrogen-bond acceptors (Lipinski definition) is 5. The zero-order valence-corrected chi connectivity index (χ0v) is 12.9. The van der Waals surface area contributed by atoms with Crippen LogP contribution in [0, 0.1) is 5.92 Å². The van der Waals surface area contributed by atoms with E-state index < -0.39 is 0 Å². The molecule has 7 heteroatoms. The summed E-state index contributed by atoms with van der Waals surface area (Å²) in [6, 6.07) is 4.37. The Hall–Kier alpha value is -1.73. The summed E-state index contributed by atoms with van der Waals surface area (Å²) >= 11 is 1.66. The van der Waals surface area contributed by atoms with Gasteiger partial charge in [-0.3, -0.25) is 4.79 Å². The Bertz CT molecular complexity index is 603. The minimum absolute atomic E-state index is 0.00743. The summed E-state index contributed by atoms with van der Waals surface area (Å²) in [5.41, 5.74) is 0.379. The van der Waals surface area contributed by atoms with E-state index in [1.807, 2.05) is 17.5 Å². The summed E-state index contributed by atoms with van der Waals surface area (Å²) in [4.78, 5) is 13.5. The Kier molecular flexibility index (Phi) is 4.03. The Morgan fingerprint density at radius 1 is 1.52 bits per heavy atom. The smallest absolute Gasteiger partial charge is 0.273 e. The van der Waals surface area contributed by atoms with Gasteiger partial charge in [0, 0.05) is 18.0 Å². The van der Waals surface area contributed by atoms with Gasteiger partial charge in [0.15, 0.2) is 5.69 Å². The largest absolute Gasteiger partial charge is 0.343 e. The predicted molar refractivity (Wildman–Crippen MR) is 81.3 cm³/mol. The van der Waals surface area contributed by atoms with Crippen molar-refractivity contribution >= 4 is 17.2 Å². The van der Waals surface area contributed by atoms with Gasteiger partial charge >= 0.3 is 0 Å². The standard InChI is InChI=1S/C14H19N5OS/c1-9(2)13(12-4-3-5-21-12)16-14(20)11-8-19(18-17-11)10-6-15-7-10/h3-5,8-10,13,15H,6-7H2,1-2H3,(H,16,20). The van der Waals surface area contributed by atoms with Crippen molar-refractivity contribution in [2.45, 2.75) is 25.9 Å². The first-order valence-corrected chi connectivity index (χ1v) is 8.00. The van der Waals surface area contributed by atoms with Gasteiger partial charge < -0.3 is 10.6 Å². The Morgan fingerprint density at radius 3 is 2.90 bits per heavy atom. The summed E-state index contributed by atoms with van der Waals surface area (Å²) in [5.74, 6) is 0.152. The first kappa shape index (κ1) is 14.2. The number of nitrogens with one attached hydrogen (secondary N) is 2. The van der Waals surface area contributed by atoms with Gasteiger partial charge in [0.1, 0.15) is 0 Å². The van der Waals surface area contributed by atoms with Crippen molar-refractivity contribution in [1.29, 1.82) is 0 Å². The van der Waals surface area contributed by atoms with Crippen LogP contribution in [0.3, 0.4) is 0 Å². The molecular formula is C14H19N5OS. The van der Waals surface area contributed by atoms with Crippen LogP contribution in [0.1, 0.15) is 41.3 Å². The van der Waals surface area contributed by atoms with Gasteiger partial charge in [-0.05, 0) is 17.4 Å². The number of thiophene rings is 1. The van der Waals surface area contributed by atoms with Gasteiger partial charge in [0.25, 0.3) is 5.91 Å². The predicted octanol–water partition coefficient (Wildman–Crippen LogP) is 1.61. The van der Waals surface area contributed by atoms with E-state index in [2.05, 4.69) is 34.8 Å². The van der Waals surface area contributed by atoms with Crippen LogP contribution < -0.4 is 10.6 Å². The second-order valence-electron chi connectivity index (χ2n) is 5.61. The maximum atomic E-state index is 12.4. The Morgan fingerprint density at radius 2 is 2.33 bits per heavy atom. The molecule has 1 aliphatic rings. The molecule has 0 aromatic carbocycles. The normalized spacial score (nSPS) is 16.7. The third kappa shape index (κ3) is 2.98. The molecule has 0 spiro atoms. The molecule has 112 valence electrons. The number of carbonyl (C=O) groups is 1.